The molecule has 1 aromatic heterocycles. The van der Waals surface area contributed by atoms with Gasteiger partial charge in [-0.1, -0.05) is 0 Å². The average molecular weight is 381 g/mol. The van der Waals surface area contributed by atoms with Gasteiger partial charge in [0.2, 0.25) is 11.5 Å². The predicted molar refractivity (Wildman–Crippen MR) is 108 cm³/mol. The molecule has 3 aromatic rings. The van der Waals surface area contributed by atoms with Crippen LogP contribution in [0.3, 0.4) is 0 Å². The highest BCUT2D eigenvalue weighted by Gasteiger charge is 2.19. The minimum absolute atomic E-state index is 0.220. The quantitative estimate of drug-likeness (QED) is 0.632. The Morgan fingerprint density at radius 2 is 1.57 bits per heavy atom. The fourth-order valence-electron chi connectivity index (χ4n) is 2.87. The molecule has 3 rings (SSSR count). The number of imidazole rings is 1. The van der Waals surface area contributed by atoms with E-state index in [1.807, 2.05) is 43.3 Å². The van der Waals surface area contributed by atoms with Gasteiger partial charge in [-0.05, 0) is 36.4 Å². The van der Waals surface area contributed by atoms with Crippen LogP contribution < -0.4 is 19.1 Å². The first-order chi connectivity index (χ1) is 13.5. The maximum Gasteiger partial charge on any atom is 0.211 e. The molecular weight excluding hydrogens is 358 g/mol. The van der Waals surface area contributed by atoms with Crippen LogP contribution in [-0.2, 0) is 0 Å². The summed E-state index contributed by atoms with van der Waals surface area (Å²) in [5.74, 6) is 1.69. The third kappa shape index (κ3) is 3.64. The molecule has 0 saturated heterocycles. The number of aromatic nitrogens is 2. The van der Waals surface area contributed by atoms with E-state index in [-0.39, 0.29) is 5.78 Å². The Morgan fingerprint density at radius 1 is 0.964 bits per heavy atom. The molecule has 0 aliphatic carbocycles. The number of ether oxygens (including phenoxy) is 3. The van der Waals surface area contributed by atoms with E-state index in [0.717, 1.165) is 11.3 Å². The van der Waals surface area contributed by atoms with Crippen LogP contribution >= 0.6 is 0 Å². The number of nitrogens with one attached hydrogen (secondary N) is 1. The van der Waals surface area contributed by atoms with Crippen molar-refractivity contribution in [1.82, 2.24) is 9.97 Å². The van der Waals surface area contributed by atoms with Gasteiger partial charge < -0.3 is 24.1 Å². The second kappa shape index (κ2) is 8.04. The molecule has 0 bridgehead atoms. The molecule has 1 N–H and O–H groups in total. The number of aromatic amines is 1. The van der Waals surface area contributed by atoms with E-state index in [1.165, 1.54) is 27.5 Å². The topological polar surface area (TPSA) is 76.7 Å². The number of nitrogens with zero attached hydrogens (tertiary/aromatic N) is 2. The van der Waals surface area contributed by atoms with Gasteiger partial charge in [0.1, 0.15) is 11.5 Å². The molecule has 28 heavy (non-hydrogen) atoms. The van der Waals surface area contributed by atoms with Gasteiger partial charge in [-0.15, -0.1) is 0 Å². The van der Waals surface area contributed by atoms with Crippen molar-refractivity contribution in [3.05, 3.63) is 53.9 Å². The second-order valence-corrected chi connectivity index (χ2v) is 6.33. The summed E-state index contributed by atoms with van der Waals surface area (Å²) in [6.07, 6.45) is 1.53. The highest BCUT2D eigenvalue weighted by molar-refractivity contribution is 6.08. The Kier molecular flexibility index (Phi) is 5.54. The maximum atomic E-state index is 12.9. The Labute approximate surface area is 163 Å². The summed E-state index contributed by atoms with van der Waals surface area (Å²) < 4.78 is 15.9. The molecule has 7 heteroatoms. The third-order valence-corrected chi connectivity index (χ3v) is 4.40. The number of rotatable bonds is 7. The zero-order valence-corrected chi connectivity index (χ0v) is 16.6. The van der Waals surface area contributed by atoms with E-state index in [4.69, 9.17) is 14.2 Å². The highest BCUT2D eigenvalue weighted by Crippen LogP contribution is 2.38. The molecule has 146 valence electrons. The monoisotopic (exact) mass is 381 g/mol. The summed E-state index contributed by atoms with van der Waals surface area (Å²) in [6, 6.07) is 11.2. The third-order valence-electron chi connectivity index (χ3n) is 4.40. The lowest BCUT2D eigenvalue weighted by Crippen LogP contribution is -2.07. The Balaban J connectivity index is 1.92. The lowest BCUT2D eigenvalue weighted by molar-refractivity contribution is 0.103. The van der Waals surface area contributed by atoms with E-state index in [2.05, 4.69) is 9.97 Å². The molecule has 0 spiro atoms. The zero-order valence-electron chi connectivity index (χ0n) is 16.6. The number of H-pyrrole nitrogens is 1. The molecule has 0 aliphatic heterocycles. The first-order valence-electron chi connectivity index (χ1n) is 8.66. The number of carbonyl (C=O) groups excluding carboxylic acids is 1. The number of methoxy groups -OCH3 is 3. The normalized spacial score (nSPS) is 10.5. The van der Waals surface area contributed by atoms with Gasteiger partial charge in [-0.2, -0.15) is 0 Å². The lowest BCUT2D eigenvalue weighted by atomic mass is 10.1. The van der Waals surface area contributed by atoms with Crippen molar-refractivity contribution in [3.8, 4) is 28.6 Å². The van der Waals surface area contributed by atoms with E-state index < -0.39 is 0 Å². The van der Waals surface area contributed by atoms with Crippen molar-refractivity contribution in [1.29, 1.82) is 0 Å². The highest BCUT2D eigenvalue weighted by atomic mass is 16.5. The Morgan fingerprint density at radius 3 is 2.07 bits per heavy atom. The predicted octanol–water partition coefficient (Wildman–Crippen LogP) is 3.40. The van der Waals surface area contributed by atoms with E-state index >= 15 is 0 Å². The summed E-state index contributed by atoms with van der Waals surface area (Å²) in [5, 5.41) is 0. The summed E-state index contributed by atoms with van der Waals surface area (Å²) in [6.45, 7) is 0. The lowest BCUT2D eigenvalue weighted by Gasteiger charge is -2.13. The number of anilines is 1. The molecule has 0 unspecified atom stereocenters. The first-order valence-corrected chi connectivity index (χ1v) is 8.66. The molecule has 0 fully saturated rings. The minimum Gasteiger partial charge on any atom is -0.493 e. The number of carbonyl (C=O) groups is 1. The molecule has 0 saturated carbocycles. The Hall–Kier alpha value is -3.48. The van der Waals surface area contributed by atoms with Crippen LogP contribution in [0.15, 0.2) is 42.6 Å². The summed E-state index contributed by atoms with van der Waals surface area (Å²) in [7, 11) is 8.51. The minimum atomic E-state index is -0.220. The standard InChI is InChI=1S/C21H23N3O4/c1-24(2)15-8-6-13(7-9-15)21-22-12-16(23-21)19(25)14-10-17(26-3)20(28-5)18(11-14)27-4/h6-12H,1-5H3,(H,22,23). The van der Waals surface area contributed by atoms with Crippen LogP contribution in [0.1, 0.15) is 16.1 Å². The van der Waals surface area contributed by atoms with Gasteiger partial charge >= 0.3 is 0 Å². The molecule has 7 nitrogen and oxygen atoms in total. The fraction of sp³-hybridized carbons (Fsp3) is 0.238. The molecule has 0 radical (unpaired) electrons. The van der Waals surface area contributed by atoms with Crippen LogP contribution in [0.25, 0.3) is 11.4 Å². The van der Waals surface area contributed by atoms with Gasteiger partial charge in [0, 0.05) is 30.9 Å². The zero-order chi connectivity index (χ0) is 20.3. The van der Waals surface area contributed by atoms with Crippen molar-refractivity contribution in [3.63, 3.8) is 0 Å². The number of benzene rings is 2. The summed E-state index contributed by atoms with van der Waals surface area (Å²) >= 11 is 0. The van der Waals surface area contributed by atoms with Gasteiger partial charge in [-0.25, -0.2) is 4.98 Å². The second-order valence-electron chi connectivity index (χ2n) is 6.33. The smallest absolute Gasteiger partial charge is 0.211 e. The van der Waals surface area contributed by atoms with E-state index in [9.17, 15) is 4.79 Å². The first kappa shape index (κ1) is 19.3. The van der Waals surface area contributed by atoms with E-state index in [1.54, 1.807) is 12.1 Å². The largest absolute Gasteiger partial charge is 0.493 e. The van der Waals surface area contributed by atoms with Crippen LogP contribution in [0.2, 0.25) is 0 Å². The van der Waals surface area contributed by atoms with Crippen LogP contribution in [0.5, 0.6) is 17.2 Å². The molecule has 2 aromatic carbocycles. The van der Waals surface area contributed by atoms with Gasteiger partial charge in [-0.3, -0.25) is 4.79 Å². The van der Waals surface area contributed by atoms with Gasteiger partial charge in [0.25, 0.3) is 0 Å². The average Bonchev–Trinajstić information content (AvgIpc) is 3.22. The fourth-order valence-corrected chi connectivity index (χ4v) is 2.87. The van der Waals surface area contributed by atoms with Crippen molar-refractivity contribution in [2.24, 2.45) is 0 Å². The molecule has 1 heterocycles. The van der Waals surface area contributed by atoms with Gasteiger partial charge in [0.05, 0.1) is 27.5 Å². The molecular formula is C21H23N3O4. The van der Waals surface area contributed by atoms with E-state index in [0.29, 0.717) is 34.3 Å². The van der Waals surface area contributed by atoms with Crippen LogP contribution in [0.4, 0.5) is 5.69 Å². The number of ketones is 1. The Bertz CT molecular complexity index is 953. The van der Waals surface area contributed by atoms with Crippen LogP contribution in [0, 0.1) is 0 Å². The number of hydrogen-bond acceptors (Lipinski definition) is 6. The summed E-state index contributed by atoms with van der Waals surface area (Å²) in [4.78, 5) is 22.4. The molecule has 0 amide bonds. The number of hydrogen-bond donors (Lipinski definition) is 1. The maximum absolute atomic E-state index is 12.9. The molecule has 0 aliphatic rings. The van der Waals surface area contributed by atoms with Crippen molar-refractivity contribution < 1.29 is 19.0 Å². The SMILES string of the molecule is COc1cc(C(=O)c2cnc(-c3ccc(N(C)C)cc3)[nH]2)cc(OC)c1OC. The molecule has 0 atom stereocenters. The van der Waals surface area contributed by atoms with Crippen molar-refractivity contribution in [2.45, 2.75) is 0 Å². The van der Waals surface area contributed by atoms with Crippen molar-refractivity contribution in [2.75, 3.05) is 40.3 Å². The van der Waals surface area contributed by atoms with Crippen LogP contribution in [-0.4, -0.2) is 51.2 Å². The van der Waals surface area contributed by atoms with Gasteiger partial charge in [0.15, 0.2) is 11.5 Å². The van der Waals surface area contributed by atoms with Crippen molar-refractivity contribution >= 4 is 11.5 Å². The summed E-state index contributed by atoms with van der Waals surface area (Å²) in [5.41, 5.74) is 2.77.